The molecule has 0 aliphatic heterocycles. The summed E-state index contributed by atoms with van der Waals surface area (Å²) in [5, 5.41) is 13.8. The molecule has 0 saturated heterocycles. The Kier molecular flexibility index (Phi) is 7.46. The topological polar surface area (TPSA) is 59.8 Å². The molecule has 1 amide bonds. The van der Waals surface area contributed by atoms with Crippen LogP contribution >= 0.6 is 46.6 Å². The summed E-state index contributed by atoms with van der Waals surface area (Å²) in [7, 11) is 0. The molecule has 152 valence electrons. The third-order valence-corrected chi connectivity index (χ3v) is 6.09. The maximum Gasteiger partial charge on any atom is 0.253 e. The Bertz CT molecular complexity index is 1010. The minimum Gasteiger partial charge on any atom is -0.342 e. The number of rotatable bonds is 7. The van der Waals surface area contributed by atoms with Gasteiger partial charge in [-0.25, -0.2) is 0 Å². The van der Waals surface area contributed by atoms with Crippen molar-refractivity contribution in [2.75, 3.05) is 0 Å². The Hall–Kier alpha value is -1.73. The maximum absolute atomic E-state index is 12.6. The Labute approximate surface area is 188 Å². The summed E-state index contributed by atoms with van der Waals surface area (Å²) >= 11 is 19.6. The number of aromatic nitrogens is 3. The van der Waals surface area contributed by atoms with Crippen molar-refractivity contribution in [3.63, 3.8) is 0 Å². The van der Waals surface area contributed by atoms with E-state index in [0.29, 0.717) is 33.0 Å². The van der Waals surface area contributed by atoms with Gasteiger partial charge >= 0.3 is 0 Å². The molecule has 0 saturated carbocycles. The van der Waals surface area contributed by atoms with Gasteiger partial charge in [0.2, 0.25) is 0 Å². The van der Waals surface area contributed by atoms with Crippen molar-refractivity contribution in [2.45, 2.75) is 37.3 Å². The molecule has 29 heavy (non-hydrogen) atoms. The van der Waals surface area contributed by atoms with Gasteiger partial charge in [-0.2, -0.15) is 0 Å². The second-order valence-electron chi connectivity index (χ2n) is 6.32. The molecule has 3 rings (SSSR count). The number of halogens is 3. The van der Waals surface area contributed by atoms with E-state index in [2.05, 4.69) is 15.5 Å². The molecule has 0 unspecified atom stereocenters. The first-order chi connectivity index (χ1) is 13.9. The zero-order valence-corrected chi connectivity index (χ0v) is 18.9. The molecule has 2 aromatic carbocycles. The Balaban J connectivity index is 1.71. The predicted molar refractivity (Wildman–Crippen MR) is 119 cm³/mol. The number of carbonyl (C=O) groups is 1. The lowest BCUT2D eigenvalue weighted by atomic mass is 10.2. The highest BCUT2D eigenvalue weighted by atomic mass is 35.5. The number of nitrogens with one attached hydrogen (secondary N) is 1. The summed E-state index contributed by atoms with van der Waals surface area (Å²) in [5.74, 6) is 1.14. The SMILES string of the molecule is CCn1c(SCc2ccc(Cl)cc2)nnc1[C@@H](C)NC(=O)c1ccc(Cl)cc1Cl. The molecule has 9 heteroatoms. The maximum atomic E-state index is 12.6. The summed E-state index contributed by atoms with van der Waals surface area (Å²) in [6.45, 7) is 4.57. The third kappa shape index (κ3) is 5.45. The summed E-state index contributed by atoms with van der Waals surface area (Å²) in [5.41, 5.74) is 1.51. The van der Waals surface area contributed by atoms with E-state index in [1.807, 2.05) is 42.7 Å². The molecule has 0 radical (unpaired) electrons. The van der Waals surface area contributed by atoms with E-state index in [-0.39, 0.29) is 11.9 Å². The highest BCUT2D eigenvalue weighted by Gasteiger charge is 2.20. The molecule has 0 fully saturated rings. The lowest BCUT2D eigenvalue weighted by Gasteiger charge is -2.15. The Morgan fingerprint density at radius 1 is 1.10 bits per heavy atom. The smallest absolute Gasteiger partial charge is 0.253 e. The van der Waals surface area contributed by atoms with Gasteiger partial charge in [0.1, 0.15) is 0 Å². The van der Waals surface area contributed by atoms with Gasteiger partial charge in [-0.1, -0.05) is 58.7 Å². The van der Waals surface area contributed by atoms with Gasteiger partial charge < -0.3 is 9.88 Å². The van der Waals surface area contributed by atoms with Crippen LogP contribution in [-0.4, -0.2) is 20.7 Å². The van der Waals surface area contributed by atoms with Crippen LogP contribution in [0.5, 0.6) is 0 Å². The van der Waals surface area contributed by atoms with Crippen LogP contribution < -0.4 is 5.32 Å². The molecular weight excluding hydrogens is 451 g/mol. The normalized spacial score (nSPS) is 12.0. The van der Waals surface area contributed by atoms with Crippen LogP contribution in [0.25, 0.3) is 0 Å². The monoisotopic (exact) mass is 468 g/mol. The molecule has 0 aliphatic rings. The molecule has 0 aliphatic carbocycles. The van der Waals surface area contributed by atoms with Crippen LogP contribution in [0.3, 0.4) is 0 Å². The zero-order chi connectivity index (χ0) is 21.0. The summed E-state index contributed by atoms with van der Waals surface area (Å²) in [6, 6.07) is 12.1. The van der Waals surface area contributed by atoms with Gasteiger partial charge in [-0.3, -0.25) is 4.79 Å². The molecule has 0 spiro atoms. The lowest BCUT2D eigenvalue weighted by molar-refractivity contribution is 0.0937. The molecular formula is C20H19Cl3N4OS. The summed E-state index contributed by atoms with van der Waals surface area (Å²) in [6.07, 6.45) is 0. The molecule has 0 bridgehead atoms. The van der Waals surface area contributed by atoms with E-state index in [4.69, 9.17) is 34.8 Å². The van der Waals surface area contributed by atoms with Gasteiger partial charge in [0.05, 0.1) is 16.6 Å². The van der Waals surface area contributed by atoms with Gasteiger partial charge in [-0.05, 0) is 49.7 Å². The highest BCUT2D eigenvalue weighted by Crippen LogP contribution is 2.26. The van der Waals surface area contributed by atoms with Crippen molar-refractivity contribution in [2.24, 2.45) is 0 Å². The van der Waals surface area contributed by atoms with E-state index in [1.165, 1.54) is 0 Å². The van der Waals surface area contributed by atoms with E-state index in [9.17, 15) is 4.79 Å². The number of hydrogen-bond acceptors (Lipinski definition) is 4. The van der Waals surface area contributed by atoms with Crippen LogP contribution in [0.1, 0.15) is 41.6 Å². The average molecular weight is 470 g/mol. The van der Waals surface area contributed by atoms with Gasteiger partial charge in [-0.15, -0.1) is 10.2 Å². The van der Waals surface area contributed by atoms with Gasteiger partial charge in [0, 0.05) is 22.3 Å². The first-order valence-electron chi connectivity index (χ1n) is 8.95. The van der Waals surface area contributed by atoms with E-state index in [1.54, 1.807) is 30.0 Å². The van der Waals surface area contributed by atoms with E-state index in [0.717, 1.165) is 16.5 Å². The molecule has 1 aromatic heterocycles. The second-order valence-corrected chi connectivity index (χ2v) is 8.54. The largest absolute Gasteiger partial charge is 0.342 e. The van der Waals surface area contributed by atoms with Crippen LogP contribution in [0.15, 0.2) is 47.6 Å². The van der Waals surface area contributed by atoms with E-state index < -0.39 is 0 Å². The van der Waals surface area contributed by atoms with Crippen LogP contribution in [0.4, 0.5) is 0 Å². The minimum atomic E-state index is -0.341. The predicted octanol–water partition coefficient (Wildman–Crippen LogP) is 6.04. The number of thioether (sulfide) groups is 1. The number of nitrogens with zero attached hydrogens (tertiary/aromatic N) is 3. The van der Waals surface area contributed by atoms with Crippen molar-refractivity contribution in [3.8, 4) is 0 Å². The van der Waals surface area contributed by atoms with Crippen LogP contribution in [0, 0.1) is 0 Å². The summed E-state index contributed by atoms with van der Waals surface area (Å²) < 4.78 is 2.00. The van der Waals surface area contributed by atoms with Crippen molar-refractivity contribution in [1.82, 2.24) is 20.1 Å². The lowest BCUT2D eigenvalue weighted by Crippen LogP contribution is -2.29. The minimum absolute atomic E-state index is 0.291. The zero-order valence-electron chi connectivity index (χ0n) is 15.8. The van der Waals surface area contributed by atoms with Crippen molar-refractivity contribution in [3.05, 3.63) is 74.5 Å². The first kappa shape index (κ1) is 22.0. The Morgan fingerprint density at radius 3 is 2.45 bits per heavy atom. The summed E-state index contributed by atoms with van der Waals surface area (Å²) in [4.78, 5) is 12.6. The quantitative estimate of drug-likeness (QED) is 0.428. The van der Waals surface area contributed by atoms with Gasteiger partial charge in [0.25, 0.3) is 5.91 Å². The van der Waals surface area contributed by atoms with E-state index >= 15 is 0 Å². The number of amides is 1. The molecule has 1 heterocycles. The molecule has 3 aromatic rings. The molecule has 1 atom stereocenters. The highest BCUT2D eigenvalue weighted by molar-refractivity contribution is 7.98. The fourth-order valence-electron chi connectivity index (χ4n) is 2.77. The standard InChI is InChI=1S/C20H19Cl3N4OS/c1-3-27-18(12(2)24-19(28)16-9-8-15(22)10-17(16)23)25-26-20(27)29-11-13-4-6-14(21)7-5-13/h4-10,12H,3,11H2,1-2H3,(H,24,28)/t12-/m1/s1. The number of benzene rings is 2. The van der Waals surface area contributed by atoms with Gasteiger partial charge in [0.15, 0.2) is 11.0 Å². The number of hydrogen-bond donors (Lipinski definition) is 1. The third-order valence-electron chi connectivity index (χ3n) is 4.25. The molecule has 1 N–H and O–H groups in total. The second kappa shape index (κ2) is 9.85. The van der Waals surface area contributed by atoms with Crippen molar-refractivity contribution in [1.29, 1.82) is 0 Å². The first-order valence-corrected chi connectivity index (χ1v) is 11.1. The van der Waals surface area contributed by atoms with Crippen LogP contribution in [-0.2, 0) is 12.3 Å². The number of carbonyl (C=O) groups excluding carboxylic acids is 1. The fraction of sp³-hybridized carbons (Fsp3) is 0.250. The van der Waals surface area contributed by atoms with Crippen molar-refractivity contribution < 1.29 is 4.79 Å². The fourth-order valence-corrected chi connectivity index (χ4v) is 4.35. The van der Waals surface area contributed by atoms with Crippen LogP contribution in [0.2, 0.25) is 15.1 Å². The van der Waals surface area contributed by atoms with Crippen molar-refractivity contribution >= 4 is 52.5 Å². The Morgan fingerprint density at radius 2 is 1.79 bits per heavy atom. The molecule has 5 nitrogen and oxygen atoms in total. The average Bonchev–Trinajstić information content (AvgIpc) is 3.10.